The van der Waals surface area contributed by atoms with Gasteiger partial charge in [0.05, 0.1) is 5.56 Å². The zero-order chi connectivity index (χ0) is 17.2. The minimum atomic E-state index is -1.34. The monoisotopic (exact) mass is 332 g/mol. The summed E-state index contributed by atoms with van der Waals surface area (Å²) in [5, 5.41) is 9.99. The molecule has 2 atom stereocenters. The van der Waals surface area contributed by atoms with Crippen LogP contribution in [0.25, 0.3) is 0 Å². The fourth-order valence-corrected chi connectivity index (χ4v) is 3.89. The first-order chi connectivity index (χ1) is 12.1. The number of rotatable bonds is 0. The minimum absolute atomic E-state index is 0.353. The van der Waals surface area contributed by atoms with Gasteiger partial charge in [-0.25, -0.2) is 4.79 Å². The van der Waals surface area contributed by atoms with Crippen LogP contribution in [0.1, 0.15) is 21.5 Å². The lowest BCUT2D eigenvalue weighted by Gasteiger charge is -2.42. The third-order valence-corrected chi connectivity index (χ3v) is 4.93. The zero-order valence-corrected chi connectivity index (χ0v) is 12.9. The van der Waals surface area contributed by atoms with Gasteiger partial charge in [0.2, 0.25) is 5.78 Å². The van der Waals surface area contributed by atoms with E-state index >= 15 is 0 Å². The van der Waals surface area contributed by atoms with Crippen LogP contribution in [0.5, 0.6) is 5.75 Å². The van der Waals surface area contributed by atoms with E-state index in [9.17, 15) is 14.7 Å². The molecule has 5 nitrogen and oxygen atoms in total. The van der Waals surface area contributed by atoms with E-state index in [1.807, 2.05) is 6.07 Å². The molecule has 2 heterocycles. The topological polar surface area (TPSA) is 72.8 Å². The van der Waals surface area contributed by atoms with Crippen molar-refractivity contribution in [3.63, 3.8) is 0 Å². The van der Waals surface area contributed by atoms with Gasteiger partial charge in [-0.2, -0.15) is 0 Å². The van der Waals surface area contributed by atoms with E-state index in [1.165, 1.54) is 6.08 Å². The molecule has 122 valence electrons. The summed E-state index contributed by atoms with van der Waals surface area (Å²) >= 11 is 0. The lowest BCUT2D eigenvalue weighted by Crippen LogP contribution is -2.47. The van der Waals surface area contributed by atoms with E-state index in [2.05, 4.69) is 0 Å². The van der Waals surface area contributed by atoms with Crippen molar-refractivity contribution in [2.45, 2.75) is 5.60 Å². The second-order valence-electron chi connectivity index (χ2n) is 6.19. The summed E-state index contributed by atoms with van der Waals surface area (Å²) in [7, 11) is 0. The number of hydrogen-bond acceptors (Lipinski definition) is 5. The maximum Gasteiger partial charge on any atom is 0.339 e. The van der Waals surface area contributed by atoms with E-state index in [0.29, 0.717) is 28.2 Å². The summed E-state index contributed by atoms with van der Waals surface area (Å²) in [6.45, 7) is 0. The highest BCUT2D eigenvalue weighted by molar-refractivity contribution is 6.03. The highest BCUT2D eigenvalue weighted by Gasteiger charge is 2.61. The Morgan fingerprint density at radius 3 is 2.48 bits per heavy atom. The number of ketones is 1. The quantitative estimate of drug-likeness (QED) is 0.751. The van der Waals surface area contributed by atoms with Crippen LogP contribution in [0.2, 0.25) is 0 Å². The van der Waals surface area contributed by atoms with E-state index in [4.69, 9.17) is 9.47 Å². The lowest BCUT2D eigenvalue weighted by atomic mass is 9.70. The van der Waals surface area contributed by atoms with Gasteiger partial charge in [0.25, 0.3) is 0 Å². The molecule has 0 fully saturated rings. The van der Waals surface area contributed by atoms with Crippen molar-refractivity contribution in [3.8, 4) is 5.75 Å². The number of benzene rings is 2. The van der Waals surface area contributed by atoms with Crippen molar-refractivity contribution >= 4 is 11.8 Å². The number of para-hydroxylation sites is 1. The molecule has 0 bridgehead atoms. The number of carbonyl (C=O) groups is 2. The van der Waals surface area contributed by atoms with Gasteiger partial charge in [-0.3, -0.25) is 4.79 Å². The summed E-state index contributed by atoms with van der Waals surface area (Å²) in [6.07, 6.45) is 2.85. The summed E-state index contributed by atoms with van der Waals surface area (Å²) in [5.74, 6) is -1.48. The number of esters is 1. The molecule has 0 radical (unpaired) electrons. The number of hydrogen-bond donors (Lipinski definition) is 1. The molecule has 2 aliphatic heterocycles. The molecule has 0 saturated heterocycles. The number of aliphatic hydroxyl groups is 1. The predicted octanol–water partition coefficient (Wildman–Crippen LogP) is 3.02. The van der Waals surface area contributed by atoms with Crippen LogP contribution < -0.4 is 4.74 Å². The first-order valence-electron chi connectivity index (χ1n) is 7.88. The average molecular weight is 332 g/mol. The molecule has 5 rings (SSSR count). The van der Waals surface area contributed by atoms with Crippen LogP contribution in [0, 0.1) is 5.92 Å². The SMILES string of the molecule is O=C1OC2(c3ccccc3OC3=CC=C(O)C(=O)C32)c2ccccc21. The largest absolute Gasteiger partial charge is 0.504 e. The Hall–Kier alpha value is -3.34. The Balaban J connectivity index is 1.89. The highest BCUT2D eigenvalue weighted by atomic mass is 16.6. The summed E-state index contributed by atoms with van der Waals surface area (Å²) in [4.78, 5) is 25.4. The van der Waals surface area contributed by atoms with E-state index < -0.39 is 23.3 Å². The standard InChI is InChI=1S/C20H12O5/c21-14-9-10-16-17(18(14)22)20(13-7-3-4-8-15(13)24-16)12-6-2-1-5-11(12)19(23)25-20/h1-10,17,21H. The van der Waals surface area contributed by atoms with E-state index in [1.54, 1.807) is 48.5 Å². The van der Waals surface area contributed by atoms with Gasteiger partial charge in [-0.1, -0.05) is 36.4 Å². The van der Waals surface area contributed by atoms with Gasteiger partial charge >= 0.3 is 5.97 Å². The molecule has 2 unspecified atom stereocenters. The maximum atomic E-state index is 12.8. The Labute approximate surface area is 142 Å². The molecular weight excluding hydrogens is 320 g/mol. The number of ether oxygens (including phenoxy) is 2. The molecule has 1 spiro atoms. The lowest BCUT2D eigenvalue weighted by molar-refractivity contribution is -0.129. The number of Topliss-reactive ketones (excluding diaryl/α,β-unsaturated/α-hetero) is 1. The first-order valence-corrected chi connectivity index (χ1v) is 7.88. The summed E-state index contributed by atoms with van der Waals surface area (Å²) < 4.78 is 11.7. The van der Waals surface area contributed by atoms with E-state index in [-0.39, 0.29) is 5.76 Å². The van der Waals surface area contributed by atoms with Crippen LogP contribution in [0.3, 0.4) is 0 Å². The third-order valence-electron chi connectivity index (χ3n) is 4.93. The van der Waals surface area contributed by atoms with Gasteiger partial charge < -0.3 is 14.6 Å². The predicted molar refractivity (Wildman–Crippen MR) is 87.0 cm³/mol. The normalized spacial score (nSPS) is 26.0. The number of aliphatic hydroxyl groups excluding tert-OH is 1. The van der Waals surface area contributed by atoms with Gasteiger partial charge in [-0.15, -0.1) is 0 Å². The average Bonchev–Trinajstić information content (AvgIpc) is 2.92. The van der Waals surface area contributed by atoms with Gasteiger partial charge in [-0.05, 0) is 24.3 Å². The second kappa shape index (κ2) is 4.60. The molecule has 0 saturated carbocycles. The van der Waals surface area contributed by atoms with Crippen molar-refractivity contribution < 1.29 is 24.2 Å². The van der Waals surface area contributed by atoms with Crippen molar-refractivity contribution in [3.05, 3.63) is 88.9 Å². The van der Waals surface area contributed by atoms with Crippen LogP contribution >= 0.6 is 0 Å². The third kappa shape index (κ3) is 1.62. The Bertz CT molecular complexity index is 1020. The molecule has 2 aromatic carbocycles. The highest BCUT2D eigenvalue weighted by Crippen LogP contribution is 2.56. The summed E-state index contributed by atoms with van der Waals surface area (Å²) in [6, 6.07) is 14.2. The molecule has 25 heavy (non-hydrogen) atoms. The van der Waals surface area contributed by atoms with Crippen molar-refractivity contribution in [1.82, 2.24) is 0 Å². The molecule has 3 aliphatic rings. The van der Waals surface area contributed by atoms with Gasteiger partial charge in [0.15, 0.2) is 11.4 Å². The summed E-state index contributed by atoms with van der Waals surface area (Å²) in [5.41, 5.74) is 0.279. The molecule has 5 heteroatoms. The van der Waals surface area contributed by atoms with Gasteiger partial charge in [0, 0.05) is 11.1 Å². The fourth-order valence-electron chi connectivity index (χ4n) is 3.89. The molecular formula is C20H12O5. The van der Waals surface area contributed by atoms with Crippen LogP contribution in [0.15, 0.2) is 72.2 Å². The first kappa shape index (κ1) is 14.0. The second-order valence-corrected chi connectivity index (χ2v) is 6.19. The number of allylic oxidation sites excluding steroid dienone is 3. The Morgan fingerprint density at radius 2 is 1.64 bits per heavy atom. The van der Waals surface area contributed by atoms with Crippen molar-refractivity contribution in [2.24, 2.45) is 5.92 Å². The Morgan fingerprint density at radius 1 is 0.920 bits per heavy atom. The Kier molecular flexibility index (Phi) is 2.58. The number of fused-ring (bicyclic) bond motifs is 6. The maximum absolute atomic E-state index is 12.8. The molecule has 1 aliphatic carbocycles. The smallest absolute Gasteiger partial charge is 0.339 e. The zero-order valence-electron chi connectivity index (χ0n) is 12.9. The van der Waals surface area contributed by atoms with Gasteiger partial charge in [0.1, 0.15) is 17.4 Å². The number of carbonyl (C=O) groups excluding carboxylic acids is 2. The van der Waals surface area contributed by atoms with Crippen LogP contribution in [-0.4, -0.2) is 16.9 Å². The minimum Gasteiger partial charge on any atom is -0.504 e. The van der Waals surface area contributed by atoms with E-state index in [0.717, 1.165) is 0 Å². The molecule has 0 aromatic heterocycles. The molecule has 2 aromatic rings. The molecule has 1 N–H and O–H groups in total. The van der Waals surface area contributed by atoms with Crippen molar-refractivity contribution in [2.75, 3.05) is 0 Å². The van der Waals surface area contributed by atoms with Crippen molar-refractivity contribution in [1.29, 1.82) is 0 Å². The van der Waals surface area contributed by atoms with Crippen LogP contribution in [-0.2, 0) is 15.1 Å². The molecule has 0 amide bonds. The van der Waals surface area contributed by atoms with Crippen LogP contribution in [0.4, 0.5) is 0 Å². The fraction of sp³-hybridized carbons (Fsp3) is 0.100.